The third kappa shape index (κ3) is 4.25. The molecule has 0 aromatic heterocycles. The Kier molecular flexibility index (Phi) is 5.42. The minimum atomic E-state index is -0.403. The molecule has 22 heavy (non-hydrogen) atoms. The topological polar surface area (TPSA) is 47.6 Å². The Bertz CT molecular complexity index is 620. The van der Waals surface area contributed by atoms with Crippen LogP contribution in [0.4, 0.5) is 4.79 Å². The molecule has 116 valence electrons. The summed E-state index contributed by atoms with van der Waals surface area (Å²) in [5, 5.41) is 2.71. The molecule has 0 heterocycles. The van der Waals surface area contributed by atoms with Crippen LogP contribution in [-0.4, -0.2) is 19.2 Å². The predicted molar refractivity (Wildman–Crippen MR) is 86.9 cm³/mol. The first-order valence-electron chi connectivity index (χ1n) is 7.25. The first-order valence-corrected chi connectivity index (χ1v) is 7.25. The van der Waals surface area contributed by atoms with E-state index >= 15 is 0 Å². The number of benzene rings is 2. The zero-order valence-electron chi connectivity index (χ0n) is 13.1. The molecule has 1 amide bonds. The van der Waals surface area contributed by atoms with Gasteiger partial charge in [-0.15, -0.1) is 0 Å². The number of carbonyl (C=O) groups is 1. The molecule has 0 bridgehead atoms. The number of ether oxygens (including phenoxy) is 2. The summed E-state index contributed by atoms with van der Waals surface area (Å²) in [5.41, 5.74) is 3.07. The van der Waals surface area contributed by atoms with E-state index in [0.717, 1.165) is 22.4 Å². The molecule has 0 unspecified atom stereocenters. The molecular weight excluding hydrogens is 278 g/mol. The second-order valence-corrected chi connectivity index (χ2v) is 5.26. The highest BCUT2D eigenvalue weighted by Gasteiger charge is 2.08. The summed E-state index contributed by atoms with van der Waals surface area (Å²) in [6.07, 6.45) is -0.403. The van der Waals surface area contributed by atoms with Crippen LogP contribution >= 0.6 is 0 Å². The molecule has 2 aromatic carbocycles. The number of hydrogen-bond donors (Lipinski definition) is 1. The molecule has 0 aliphatic heterocycles. The van der Waals surface area contributed by atoms with Gasteiger partial charge in [0, 0.05) is 6.04 Å². The fourth-order valence-electron chi connectivity index (χ4n) is 2.12. The van der Waals surface area contributed by atoms with Crippen molar-refractivity contribution in [3.63, 3.8) is 0 Å². The number of rotatable bonds is 5. The van der Waals surface area contributed by atoms with Gasteiger partial charge in [0.25, 0.3) is 0 Å². The Morgan fingerprint density at radius 3 is 2.41 bits per heavy atom. The maximum atomic E-state index is 11.6. The molecule has 0 aliphatic carbocycles. The number of hydrogen-bond acceptors (Lipinski definition) is 3. The summed E-state index contributed by atoms with van der Waals surface area (Å²) in [6, 6.07) is 15.8. The van der Waals surface area contributed by atoms with Crippen molar-refractivity contribution in [2.45, 2.75) is 26.5 Å². The normalized spacial score (nSPS) is 10.4. The summed E-state index contributed by atoms with van der Waals surface area (Å²) in [4.78, 5) is 11.6. The van der Waals surface area contributed by atoms with E-state index in [0.29, 0.717) is 0 Å². The lowest BCUT2D eigenvalue weighted by molar-refractivity contribution is 0.137. The molecule has 0 spiro atoms. The average Bonchev–Trinajstić information content (AvgIpc) is 2.53. The second kappa shape index (κ2) is 7.50. The van der Waals surface area contributed by atoms with Crippen molar-refractivity contribution >= 4 is 6.09 Å². The van der Waals surface area contributed by atoms with E-state index in [-0.39, 0.29) is 12.6 Å². The molecule has 4 heteroatoms. The van der Waals surface area contributed by atoms with Gasteiger partial charge in [0.2, 0.25) is 0 Å². The van der Waals surface area contributed by atoms with Crippen molar-refractivity contribution in [2.24, 2.45) is 0 Å². The van der Waals surface area contributed by atoms with Crippen LogP contribution in [0.3, 0.4) is 0 Å². The highest BCUT2D eigenvalue weighted by atomic mass is 16.5. The Hall–Kier alpha value is -2.49. The Labute approximate surface area is 131 Å². The van der Waals surface area contributed by atoms with Gasteiger partial charge in [-0.1, -0.05) is 36.4 Å². The van der Waals surface area contributed by atoms with Crippen LogP contribution in [0, 0.1) is 0 Å². The summed E-state index contributed by atoms with van der Waals surface area (Å²) >= 11 is 0. The van der Waals surface area contributed by atoms with E-state index in [4.69, 9.17) is 9.47 Å². The maximum Gasteiger partial charge on any atom is 0.407 e. The molecule has 0 saturated heterocycles. The first kappa shape index (κ1) is 15.9. The molecule has 0 fully saturated rings. The largest absolute Gasteiger partial charge is 0.497 e. The fourth-order valence-corrected chi connectivity index (χ4v) is 2.12. The van der Waals surface area contributed by atoms with E-state index in [1.54, 1.807) is 7.11 Å². The number of alkyl carbamates (subject to hydrolysis) is 1. The van der Waals surface area contributed by atoms with Crippen molar-refractivity contribution in [2.75, 3.05) is 7.11 Å². The van der Waals surface area contributed by atoms with E-state index in [9.17, 15) is 4.79 Å². The number of carbonyl (C=O) groups excluding carboxylic acids is 1. The monoisotopic (exact) mass is 299 g/mol. The van der Waals surface area contributed by atoms with Crippen molar-refractivity contribution in [3.05, 3.63) is 54.1 Å². The standard InChI is InChI=1S/C18H21NO3/c1-13(2)19-18(20)22-12-15-6-4-5-7-17(15)14-8-10-16(21-3)11-9-14/h4-11,13H,12H2,1-3H3,(H,19,20). The van der Waals surface area contributed by atoms with Crippen LogP contribution < -0.4 is 10.1 Å². The number of amides is 1. The van der Waals surface area contributed by atoms with Gasteiger partial charge in [-0.05, 0) is 42.7 Å². The van der Waals surface area contributed by atoms with Crippen molar-refractivity contribution in [3.8, 4) is 16.9 Å². The summed E-state index contributed by atoms with van der Waals surface area (Å²) in [5.74, 6) is 0.814. The lowest BCUT2D eigenvalue weighted by Gasteiger charge is -2.12. The molecule has 2 rings (SSSR count). The molecule has 0 atom stereocenters. The lowest BCUT2D eigenvalue weighted by atomic mass is 10.00. The Balaban J connectivity index is 2.14. The van der Waals surface area contributed by atoms with Crippen LogP contribution in [0.1, 0.15) is 19.4 Å². The summed E-state index contributed by atoms with van der Waals surface area (Å²) < 4.78 is 10.4. The van der Waals surface area contributed by atoms with Gasteiger partial charge in [0.1, 0.15) is 12.4 Å². The highest BCUT2D eigenvalue weighted by Crippen LogP contribution is 2.26. The number of methoxy groups -OCH3 is 1. The van der Waals surface area contributed by atoms with Gasteiger partial charge < -0.3 is 14.8 Å². The second-order valence-electron chi connectivity index (χ2n) is 5.26. The van der Waals surface area contributed by atoms with E-state index < -0.39 is 6.09 Å². The number of nitrogens with one attached hydrogen (secondary N) is 1. The van der Waals surface area contributed by atoms with Gasteiger partial charge in [0.15, 0.2) is 0 Å². The highest BCUT2D eigenvalue weighted by molar-refractivity contribution is 5.70. The minimum absolute atomic E-state index is 0.0596. The summed E-state index contributed by atoms with van der Waals surface area (Å²) in [6.45, 7) is 4.03. The van der Waals surface area contributed by atoms with Crippen LogP contribution in [0.2, 0.25) is 0 Å². The van der Waals surface area contributed by atoms with Crippen LogP contribution in [-0.2, 0) is 11.3 Å². The molecule has 0 saturated carbocycles. The molecular formula is C18H21NO3. The Morgan fingerprint density at radius 2 is 1.77 bits per heavy atom. The fraction of sp³-hybridized carbons (Fsp3) is 0.278. The molecule has 2 aromatic rings. The third-order valence-corrected chi connectivity index (χ3v) is 3.18. The van der Waals surface area contributed by atoms with Crippen LogP contribution in [0.25, 0.3) is 11.1 Å². The van der Waals surface area contributed by atoms with Gasteiger partial charge in [0.05, 0.1) is 7.11 Å². The molecule has 1 N–H and O–H groups in total. The van der Waals surface area contributed by atoms with Gasteiger partial charge >= 0.3 is 6.09 Å². The predicted octanol–water partition coefficient (Wildman–Crippen LogP) is 4.00. The zero-order valence-corrected chi connectivity index (χ0v) is 13.1. The molecule has 4 nitrogen and oxygen atoms in total. The minimum Gasteiger partial charge on any atom is -0.497 e. The van der Waals surface area contributed by atoms with Gasteiger partial charge in [-0.25, -0.2) is 4.79 Å². The maximum absolute atomic E-state index is 11.6. The average molecular weight is 299 g/mol. The van der Waals surface area contributed by atoms with Crippen molar-refractivity contribution in [1.29, 1.82) is 0 Å². The molecule has 0 aliphatic rings. The smallest absolute Gasteiger partial charge is 0.407 e. The summed E-state index contributed by atoms with van der Waals surface area (Å²) in [7, 11) is 1.64. The van der Waals surface area contributed by atoms with Gasteiger partial charge in [-0.3, -0.25) is 0 Å². The van der Waals surface area contributed by atoms with E-state index in [1.165, 1.54) is 0 Å². The third-order valence-electron chi connectivity index (χ3n) is 3.18. The SMILES string of the molecule is COc1ccc(-c2ccccc2COC(=O)NC(C)C)cc1. The van der Waals surface area contributed by atoms with Crippen molar-refractivity contribution < 1.29 is 14.3 Å². The van der Waals surface area contributed by atoms with Gasteiger partial charge in [-0.2, -0.15) is 0 Å². The lowest BCUT2D eigenvalue weighted by Crippen LogP contribution is -2.30. The quantitative estimate of drug-likeness (QED) is 0.908. The van der Waals surface area contributed by atoms with E-state index in [2.05, 4.69) is 5.32 Å². The van der Waals surface area contributed by atoms with E-state index in [1.807, 2.05) is 62.4 Å². The molecule has 0 radical (unpaired) electrons. The zero-order chi connectivity index (χ0) is 15.9. The Morgan fingerprint density at radius 1 is 1.09 bits per heavy atom. The first-order chi connectivity index (χ1) is 10.6. The van der Waals surface area contributed by atoms with Crippen LogP contribution in [0.15, 0.2) is 48.5 Å². The van der Waals surface area contributed by atoms with Crippen molar-refractivity contribution in [1.82, 2.24) is 5.32 Å². The van der Waals surface area contributed by atoms with Crippen LogP contribution in [0.5, 0.6) is 5.75 Å².